The highest BCUT2D eigenvalue weighted by Crippen LogP contribution is 1.71. The molecule has 0 amide bonds. The van der Waals surface area contributed by atoms with E-state index in [9.17, 15) is 4.39 Å². The summed E-state index contributed by atoms with van der Waals surface area (Å²) in [6.07, 6.45) is 0.278. The average molecular weight is 75.1 g/mol. The minimum Gasteiger partial charge on any atom is -0.251 e. The van der Waals surface area contributed by atoms with E-state index in [1.54, 1.807) is 0 Å². The van der Waals surface area contributed by atoms with Gasteiger partial charge in [-0.2, -0.15) is 0 Å². The Balaban J connectivity index is 2.19. The van der Waals surface area contributed by atoms with Crippen molar-refractivity contribution in [1.82, 2.24) is 5.73 Å². The first-order chi connectivity index (χ1) is 2.41. The fourth-order valence-electron chi connectivity index (χ4n) is 0.0598. The predicted molar refractivity (Wildman–Crippen MR) is 17.6 cm³/mol. The van der Waals surface area contributed by atoms with Crippen LogP contribution < -0.4 is 5.73 Å². The second-order valence-electron chi connectivity index (χ2n) is 0.766. The van der Waals surface area contributed by atoms with Crippen molar-refractivity contribution in [1.29, 1.82) is 0 Å². The van der Waals surface area contributed by atoms with Gasteiger partial charge in [0.15, 0.2) is 0 Å². The van der Waals surface area contributed by atoms with E-state index in [1.165, 1.54) is 0 Å². The molecular formula is C3H6FN. The van der Waals surface area contributed by atoms with Crippen molar-refractivity contribution in [2.24, 2.45) is 0 Å². The highest BCUT2D eigenvalue weighted by atomic mass is 19.1. The zero-order valence-corrected chi connectivity index (χ0v) is 2.95. The molecular weight excluding hydrogens is 69.0 g/mol. The summed E-state index contributed by atoms with van der Waals surface area (Å²) in [6, 6.07) is 0. The first kappa shape index (κ1) is 4.89. The van der Waals surface area contributed by atoms with Crippen LogP contribution in [0.25, 0.3) is 0 Å². The molecule has 0 aliphatic carbocycles. The maximum Gasteiger partial charge on any atom is 0.0907 e. The molecule has 0 fully saturated rings. The zero-order chi connectivity index (χ0) is 4.12. The molecule has 0 bridgehead atoms. The van der Waals surface area contributed by atoms with Crippen LogP contribution in [0, 0.1) is 0 Å². The van der Waals surface area contributed by atoms with Gasteiger partial charge in [0.2, 0.25) is 0 Å². The molecule has 0 aliphatic rings. The Hall–Kier alpha value is -0.110. The summed E-state index contributed by atoms with van der Waals surface area (Å²) in [5, 5.41) is 0. The quantitative estimate of drug-likeness (QED) is 0.453. The minimum atomic E-state index is -0.406. The van der Waals surface area contributed by atoms with E-state index in [2.05, 4.69) is 0 Å². The van der Waals surface area contributed by atoms with Crippen molar-refractivity contribution in [3.8, 4) is 0 Å². The Morgan fingerprint density at radius 2 is 2.20 bits per heavy atom. The van der Waals surface area contributed by atoms with E-state index >= 15 is 0 Å². The van der Waals surface area contributed by atoms with Crippen LogP contribution in [0.1, 0.15) is 6.42 Å². The molecule has 0 saturated carbocycles. The molecule has 5 heavy (non-hydrogen) atoms. The predicted octanol–water partition coefficient (Wildman–Crippen LogP) is 0.415. The number of nitrogens with zero attached hydrogens (tertiary/aromatic N) is 1. The number of halogens is 1. The molecule has 0 aromatic carbocycles. The van der Waals surface area contributed by atoms with Crippen molar-refractivity contribution in [2.45, 2.75) is 6.42 Å². The molecule has 2 radical (unpaired) electrons. The van der Waals surface area contributed by atoms with Crippen molar-refractivity contribution in [3.63, 3.8) is 0 Å². The zero-order valence-electron chi connectivity index (χ0n) is 2.95. The van der Waals surface area contributed by atoms with E-state index in [-0.39, 0.29) is 13.0 Å². The Morgan fingerprint density at radius 3 is 2.20 bits per heavy atom. The van der Waals surface area contributed by atoms with E-state index in [0.29, 0.717) is 0 Å². The Labute approximate surface area is 31.0 Å². The van der Waals surface area contributed by atoms with Crippen molar-refractivity contribution in [3.05, 3.63) is 0 Å². The molecule has 0 unspecified atom stereocenters. The number of hydrogen-bond donors (Lipinski definition) is 0. The van der Waals surface area contributed by atoms with Crippen molar-refractivity contribution >= 4 is 0 Å². The summed E-state index contributed by atoms with van der Waals surface area (Å²) in [7, 11) is 0. The van der Waals surface area contributed by atoms with E-state index in [1.807, 2.05) is 0 Å². The first-order valence-electron chi connectivity index (χ1n) is 1.58. The molecule has 0 spiro atoms. The van der Waals surface area contributed by atoms with Gasteiger partial charge < -0.3 is 0 Å². The van der Waals surface area contributed by atoms with Crippen LogP contribution in [0.4, 0.5) is 4.39 Å². The average Bonchev–Trinajstić information content (AvgIpc) is 1.41. The smallest absolute Gasteiger partial charge is 0.0907 e. The summed E-state index contributed by atoms with van der Waals surface area (Å²) in [4.78, 5) is 0. The van der Waals surface area contributed by atoms with Gasteiger partial charge in [0, 0.05) is 6.54 Å². The maximum absolute atomic E-state index is 10.8. The molecule has 0 saturated heterocycles. The van der Waals surface area contributed by atoms with Gasteiger partial charge in [0.25, 0.3) is 0 Å². The lowest BCUT2D eigenvalue weighted by atomic mass is 10.5. The topological polar surface area (TPSA) is 22.3 Å². The van der Waals surface area contributed by atoms with Crippen LogP contribution in [0.3, 0.4) is 0 Å². The third-order valence-corrected chi connectivity index (χ3v) is 0.292. The Kier molecular flexibility index (Phi) is 3.80. The van der Waals surface area contributed by atoms with E-state index < -0.39 is 6.67 Å². The van der Waals surface area contributed by atoms with Gasteiger partial charge in [-0.15, -0.1) is 5.73 Å². The highest BCUT2D eigenvalue weighted by Gasteiger charge is 1.73. The van der Waals surface area contributed by atoms with Crippen LogP contribution in [-0.4, -0.2) is 13.2 Å². The summed E-state index contributed by atoms with van der Waals surface area (Å²) in [6.45, 7) is -0.438. The number of alkyl halides is 1. The van der Waals surface area contributed by atoms with Crippen LogP contribution in [-0.2, 0) is 0 Å². The molecule has 0 N–H and O–H groups in total. The molecule has 0 atom stereocenters. The highest BCUT2D eigenvalue weighted by molar-refractivity contribution is 4.28. The summed E-state index contributed by atoms with van der Waals surface area (Å²) < 4.78 is 10.8. The van der Waals surface area contributed by atoms with E-state index in [4.69, 9.17) is 5.73 Å². The molecule has 0 rings (SSSR count). The van der Waals surface area contributed by atoms with Gasteiger partial charge in [-0.3, -0.25) is 4.39 Å². The van der Waals surface area contributed by atoms with Gasteiger partial charge in [-0.25, -0.2) is 0 Å². The van der Waals surface area contributed by atoms with Gasteiger partial charge >= 0.3 is 0 Å². The largest absolute Gasteiger partial charge is 0.251 e. The monoisotopic (exact) mass is 75.0 g/mol. The summed E-state index contributed by atoms with van der Waals surface area (Å²) >= 11 is 0. The molecule has 1 nitrogen and oxygen atoms in total. The van der Waals surface area contributed by atoms with Crippen molar-refractivity contribution < 1.29 is 4.39 Å². The number of rotatable bonds is 2. The minimum absolute atomic E-state index is 0.0312. The molecule has 30 valence electrons. The van der Waals surface area contributed by atoms with Gasteiger partial charge in [-0.1, -0.05) is 0 Å². The molecule has 2 heteroatoms. The van der Waals surface area contributed by atoms with Gasteiger partial charge in [0.1, 0.15) is 0 Å². The van der Waals surface area contributed by atoms with Crippen molar-refractivity contribution in [2.75, 3.05) is 13.2 Å². The number of hydrogen-bond acceptors (Lipinski definition) is 0. The standard InChI is InChI=1S/C3H6FN/c4-2-1-3-5/h1-3H2. The van der Waals surface area contributed by atoms with Gasteiger partial charge in [0.05, 0.1) is 6.67 Å². The SMILES string of the molecule is [N]CCCF. The first-order valence-corrected chi connectivity index (χ1v) is 1.58. The molecule has 0 aromatic heterocycles. The third kappa shape index (κ3) is 3.89. The molecule has 0 aliphatic heterocycles. The molecule has 0 aromatic rings. The second-order valence-corrected chi connectivity index (χ2v) is 0.766. The lowest BCUT2D eigenvalue weighted by Crippen LogP contribution is -1.83. The van der Waals surface area contributed by atoms with Gasteiger partial charge in [-0.05, 0) is 6.42 Å². The second kappa shape index (κ2) is 3.89. The van der Waals surface area contributed by atoms with Crippen LogP contribution in [0.2, 0.25) is 0 Å². The fraction of sp³-hybridized carbons (Fsp3) is 1.00. The summed E-state index contributed by atoms with van der Waals surface area (Å²) in [5.41, 5.74) is 7.83. The summed E-state index contributed by atoms with van der Waals surface area (Å²) in [5.74, 6) is 0. The van der Waals surface area contributed by atoms with Crippen LogP contribution in [0.15, 0.2) is 0 Å². The van der Waals surface area contributed by atoms with E-state index in [0.717, 1.165) is 0 Å². The maximum atomic E-state index is 10.8. The Bertz CT molecular complexity index is 14.4. The lowest BCUT2D eigenvalue weighted by Gasteiger charge is -1.74. The normalized spacial score (nSPS) is 8.40. The third-order valence-electron chi connectivity index (χ3n) is 0.292. The van der Waals surface area contributed by atoms with Crippen LogP contribution in [0.5, 0.6) is 0 Å². The Morgan fingerprint density at radius 1 is 1.60 bits per heavy atom. The fourth-order valence-corrected chi connectivity index (χ4v) is 0.0598. The lowest BCUT2D eigenvalue weighted by molar-refractivity contribution is 0.475. The van der Waals surface area contributed by atoms with Crippen LogP contribution >= 0.6 is 0 Å². The molecule has 0 heterocycles.